The fourth-order valence-electron chi connectivity index (χ4n) is 1.35. The Morgan fingerprint density at radius 3 is 2.67 bits per heavy atom. The Morgan fingerprint density at radius 2 is 2.07 bits per heavy atom. The zero-order valence-corrected chi connectivity index (χ0v) is 10.5. The van der Waals surface area contributed by atoms with Crippen LogP contribution in [-0.2, 0) is 0 Å². The van der Waals surface area contributed by atoms with E-state index in [9.17, 15) is 0 Å². The Labute approximate surface area is 103 Å². The van der Waals surface area contributed by atoms with E-state index in [1.54, 1.807) is 18.4 Å². The van der Waals surface area contributed by atoms with E-state index in [-0.39, 0.29) is 0 Å². The van der Waals surface area contributed by atoms with E-state index >= 15 is 0 Å². The maximum Gasteiger partial charge on any atom is 0.127 e. The summed E-state index contributed by atoms with van der Waals surface area (Å²) in [6.07, 6.45) is 0. The monoisotopic (exact) mass is 256 g/mol. The molecular weight excluding hydrogens is 248 g/mol. The Hall–Kier alpha value is -0.640. The predicted octanol–water partition coefficient (Wildman–Crippen LogP) is 4.37. The van der Waals surface area contributed by atoms with E-state index in [1.165, 1.54) is 0 Å². The Bertz CT molecular complexity index is 479. The minimum atomic E-state index is 0.708. The molecular formula is C11H9ClOS2. The molecule has 0 aliphatic rings. The van der Waals surface area contributed by atoms with Crippen molar-refractivity contribution in [2.75, 3.05) is 7.11 Å². The van der Waals surface area contributed by atoms with E-state index in [4.69, 9.17) is 16.3 Å². The average Bonchev–Trinajstić information content (AvgIpc) is 2.65. The molecule has 1 aromatic heterocycles. The largest absolute Gasteiger partial charge is 0.496 e. The van der Waals surface area contributed by atoms with Gasteiger partial charge in [0.05, 0.1) is 11.3 Å². The van der Waals surface area contributed by atoms with Gasteiger partial charge in [-0.1, -0.05) is 11.6 Å². The quantitative estimate of drug-likeness (QED) is 0.786. The lowest BCUT2D eigenvalue weighted by atomic mass is 10.1. The number of thiol groups is 1. The highest BCUT2D eigenvalue weighted by Gasteiger charge is 2.08. The highest BCUT2D eigenvalue weighted by Crippen LogP contribution is 2.37. The molecule has 1 aromatic carbocycles. The topological polar surface area (TPSA) is 9.23 Å². The van der Waals surface area contributed by atoms with Crippen LogP contribution in [0.5, 0.6) is 5.75 Å². The molecule has 0 bridgehead atoms. The van der Waals surface area contributed by atoms with Crippen molar-refractivity contribution < 1.29 is 4.74 Å². The van der Waals surface area contributed by atoms with E-state index in [1.807, 2.05) is 30.3 Å². The fraction of sp³-hybridized carbons (Fsp3) is 0.0909. The van der Waals surface area contributed by atoms with Gasteiger partial charge >= 0.3 is 0 Å². The van der Waals surface area contributed by atoms with Crippen LogP contribution in [0.25, 0.3) is 10.4 Å². The van der Waals surface area contributed by atoms with Crippen LogP contribution in [-0.4, -0.2) is 7.11 Å². The lowest BCUT2D eigenvalue weighted by molar-refractivity contribution is 0.416. The molecule has 1 heterocycles. The minimum Gasteiger partial charge on any atom is -0.496 e. The average molecular weight is 257 g/mol. The van der Waals surface area contributed by atoms with Crippen LogP contribution in [0.4, 0.5) is 0 Å². The smallest absolute Gasteiger partial charge is 0.127 e. The van der Waals surface area contributed by atoms with Crippen LogP contribution in [0.2, 0.25) is 5.02 Å². The third kappa shape index (κ3) is 2.30. The molecule has 0 saturated heterocycles. The van der Waals surface area contributed by atoms with Crippen molar-refractivity contribution in [2.45, 2.75) is 4.21 Å². The molecule has 0 N–H and O–H groups in total. The van der Waals surface area contributed by atoms with Gasteiger partial charge < -0.3 is 4.74 Å². The molecule has 0 fully saturated rings. The van der Waals surface area contributed by atoms with Crippen molar-refractivity contribution >= 4 is 35.6 Å². The van der Waals surface area contributed by atoms with E-state index in [0.717, 1.165) is 20.4 Å². The molecule has 0 aliphatic heterocycles. The molecule has 0 saturated carbocycles. The number of hydrogen-bond acceptors (Lipinski definition) is 3. The Kier molecular flexibility index (Phi) is 3.24. The van der Waals surface area contributed by atoms with Crippen LogP contribution < -0.4 is 4.74 Å². The zero-order chi connectivity index (χ0) is 10.8. The normalized spacial score (nSPS) is 10.3. The van der Waals surface area contributed by atoms with Crippen LogP contribution in [0.3, 0.4) is 0 Å². The van der Waals surface area contributed by atoms with E-state index in [2.05, 4.69) is 12.6 Å². The standard InChI is InChI=1S/C11H9ClOS2/c1-13-9-3-2-7(12)6-8(9)10-4-5-11(14)15-10/h2-6,14H,1H3. The fourth-order valence-corrected chi connectivity index (χ4v) is 2.65. The summed E-state index contributed by atoms with van der Waals surface area (Å²) in [5.41, 5.74) is 1.01. The number of benzene rings is 1. The highest BCUT2D eigenvalue weighted by molar-refractivity contribution is 7.83. The molecule has 0 spiro atoms. The molecule has 2 aromatic rings. The van der Waals surface area contributed by atoms with Gasteiger partial charge in [-0.25, -0.2) is 0 Å². The van der Waals surface area contributed by atoms with Crippen LogP contribution in [0, 0.1) is 0 Å². The van der Waals surface area contributed by atoms with Crippen LogP contribution in [0.1, 0.15) is 0 Å². The van der Waals surface area contributed by atoms with Crippen LogP contribution >= 0.6 is 35.6 Å². The zero-order valence-electron chi connectivity index (χ0n) is 8.03. The summed E-state index contributed by atoms with van der Waals surface area (Å²) in [5.74, 6) is 0.828. The summed E-state index contributed by atoms with van der Waals surface area (Å²) >= 11 is 11.9. The summed E-state index contributed by atoms with van der Waals surface area (Å²) in [7, 11) is 1.65. The maximum atomic E-state index is 5.96. The van der Waals surface area contributed by atoms with Crippen molar-refractivity contribution in [2.24, 2.45) is 0 Å². The van der Waals surface area contributed by atoms with E-state index < -0.39 is 0 Å². The molecule has 2 rings (SSSR count). The molecule has 0 atom stereocenters. The highest BCUT2D eigenvalue weighted by atomic mass is 35.5. The van der Waals surface area contributed by atoms with Crippen molar-refractivity contribution in [1.82, 2.24) is 0 Å². The summed E-state index contributed by atoms with van der Waals surface area (Å²) in [6.45, 7) is 0. The molecule has 0 aliphatic carbocycles. The molecule has 0 amide bonds. The lowest BCUT2D eigenvalue weighted by Gasteiger charge is -2.06. The second-order valence-corrected chi connectivity index (χ2v) is 5.29. The summed E-state index contributed by atoms with van der Waals surface area (Å²) in [5, 5.41) is 0.708. The first-order valence-electron chi connectivity index (χ1n) is 4.33. The first kappa shape index (κ1) is 10.9. The molecule has 15 heavy (non-hydrogen) atoms. The number of methoxy groups -OCH3 is 1. The van der Waals surface area contributed by atoms with Crippen LogP contribution in [0.15, 0.2) is 34.5 Å². The summed E-state index contributed by atoms with van der Waals surface area (Å²) < 4.78 is 6.27. The third-order valence-corrected chi connectivity index (χ3v) is 3.60. The first-order valence-corrected chi connectivity index (χ1v) is 5.97. The van der Waals surface area contributed by atoms with Gasteiger partial charge in [0.15, 0.2) is 0 Å². The second-order valence-electron chi connectivity index (χ2n) is 2.98. The Morgan fingerprint density at radius 1 is 1.27 bits per heavy atom. The molecule has 4 heteroatoms. The van der Waals surface area contributed by atoms with Gasteiger partial charge in [0, 0.05) is 15.5 Å². The number of rotatable bonds is 2. The first-order chi connectivity index (χ1) is 7.20. The summed E-state index contributed by atoms with van der Waals surface area (Å²) in [4.78, 5) is 1.11. The van der Waals surface area contributed by atoms with Gasteiger partial charge in [-0.3, -0.25) is 0 Å². The van der Waals surface area contributed by atoms with Gasteiger partial charge in [0.2, 0.25) is 0 Å². The molecule has 1 nitrogen and oxygen atoms in total. The molecule has 78 valence electrons. The SMILES string of the molecule is COc1ccc(Cl)cc1-c1ccc(S)s1. The van der Waals surface area contributed by atoms with Gasteiger partial charge in [-0.2, -0.15) is 0 Å². The maximum absolute atomic E-state index is 5.96. The van der Waals surface area contributed by atoms with Gasteiger partial charge in [-0.15, -0.1) is 24.0 Å². The van der Waals surface area contributed by atoms with Crippen molar-refractivity contribution in [1.29, 1.82) is 0 Å². The second kappa shape index (κ2) is 4.47. The molecule has 0 radical (unpaired) electrons. The van der Waals surface area contributed by atoms with Gasteiger partial charge in [0.25, 0.3) is 0 Å². The van der Waals surface area contributed by atoms with E-state index in [0.29, 0.717) is 5.02 Å². The van der Waals surface area contributed by atoms with Gasteiger partial charge in [-0.05, 0) is 30.3 Å². The predicted molar refractivity (Wildman–Crippen MR) is 68.6 cm³/mol. The molecule has 0 unspecified atom stereocenters. The number of ether oxygens (including phenoxy) is 1. The lowest BCUT2D eigenvalue weighted by Crippen LogP contribution is -1.85. The number of halogens is 1. The minimum absolute atomic E-state index is 0.708. The van der Waals surface area contributed by atoms with Crippen molar-refractivity contribution in [3.8, 4) is 16.2 Å². The number of thiophene rings is 1. The van der Waals surface area contributed by atoms with Gasteiger partial charge in [0.1, 0.15) is 5.75 Å². The van der Waals surface area contributed by atoms with Crippen molar-refractivity contribution in [3.63, 3.8) is 0 Å². The Balaban J connectivity index is 2.55. The summed E-state index contributed by atoms with van der Waals surface area (Å²) in [6, 6.07) is 9.57. The van der Waals surface area contributed by atoms with Crippen molar-refractivity contribution in [3.05, 3.63) is 35.4 Å². The third-order valence-electron chi connectivity index (χ3n) is 2.02. The number of hydrogen-bond donors (Lipinski definition) is 1.